The molecule has 0 fully saturated rings. The Hall–Kier alpha value is -2.43. The van der Waals surface area contributed by atoms with E-state index in [-0.39, 0.29) is 0 Å². The van der Waals surface area contributed by atoms with Crippen LogP contribution in [-0.4, -0.2) is 5.29 Å². The van der Waals surface area contributed by atoms with Crippen molar-refractivity contribution >= 4 is 19.1 Å². The molecule has 0 aliphatic carbocycles. The van der Waals surface area contributed by atoms with Crippen LogP contribution in [0.3, 0.4) is 0 Å². The zero-order chi connectivity index (χ0) is 19.7. The van der Waals surface area contributed by atoms with Crippen LogP contribution in [0.2, 0.25) is 0 Å². The Bertz CT molecular complexity index is 1070. The summed E-state index contributed by atoms with van der Waals surface area (Å²) in [6.07, 6.45) is 3.53. The maximum absolute atomic E-state index is 2.44. The van der Waals surface area contributed by atoms with E-state index in [0.29, 0.717) is 5.66 Å². The molecule has 0 radical (unpaired) electrons. The number of rotatable bonds is 3. The molecule has 0 N–H and O–H groups in total. The average Bonchev–Trinajstić information content (AvgIpc) is 2.68. The highest BCUT2D eigenvalue weighted by Gasteiger charge is 2.21. The molecule has 1 heteroatoms. The average molecular weight is 382 g/mol. The summed E-state index contributed by atoms with van der Waals surface area (Å²) in [6, 6.07) is 24.6. The highest BCUT2D eigenvalue weighted by molar-refractivity contribution is 7.42. The van der Waals surface area contributed by atoms with Crippen LogP contribution < -0.4 is 0 Å². The maximum atomic E-state index is 2.44. The van der Waals surface area contributed by atoms with E-state index in [4.69, 9.17) is 0 Å². The third kappa shape index (κ3) is 3.89. The highest BCUT2D eigenvalue weighted by atomic mass is 31.1. The van der Waals surface area contributed by atoms with Crippen molar-refractivity contribution in [2.24, 2.45) is 0 Å². The highest BCUT2D eigenvalue weighted by Crippen LogP contribution is 2.44. The molecule has 0 aromatic heterocycles. The smallest absolute Gasteiger partial charge is 0.0308 e. The molecule has 4 rings (SSSR count). The fourth-order valence-electron chi connectivity index (χ4n) is 4.16. The minimum absolute atomic E-state index is 0.497. The largest absolute Gasteiger partial charge is 0.0873 e. The SMILES string of the molecule is Cc1ccc(C2=PC(c3ccc(C)cc3C)CC(c3ccccc3)=C2)c(C)c1. The molecule has 1 unspecified atom stereocenters. The minimum atomic E-state index is 0.497. The minimum Gasteiger partial charge on any atom is -0.0873 e. The van der Waals surface area contributed by atoms with Gasteiger partial charge in [0.1, 0.15) is 0 Å². The first-order valence-electron chi connectivity index (χ1n) is 10.00. The lowest BCUT2D eigenvalue weighted by Gasteiger charge is -2.24. The summed E-state index contributed by atoms with van der Waals surface area (Å²) in [4.78, 5) is 0. The van der Waals surface area contributed by atoms with Crippen LogP contribution in [0, 0.1) is 27.7 Å². The van der Waals surface area contributed by atoms with Crippen molar-refractivity contribution in [2.75, 3.05) is 0 Å². The predicted molar refractivity (Wildman–Crippen MR) is 125 cm³/mol. The van der Waals surface area contributed by atoms with Crippen LogP contribution in [0.5, 0.6) is 0 Å². The van der Waals surface area contributed by atoms with Crippen LogP contribution in [0.4, 0.5) is 0 Å². The van der Waals surface area contributed by atoms with Crippen molar-refractivity contribution in [1.29, 1.82) is 0 Å². The lowest BCUT2D eigenvalue weighted by atomic mass is 9.92. The van der Waals surface area contributed by atoms with Gasteiger partial charge >= 0.3 is 0 Å². The fourth-order valence-corrected chi connectivity index (χ4v) is 5.84. The molecule has 0 amide bonds. The van der Waals surface area contributed by atoms with Gasteiger partial charge in [-0.05, 0) is 73.6 Å². The van der Waals surface area contributed by atoms with Crippen molar-refractivity contribution < 1.29 is 0 Å². The van der Waals surface area contributed by atoms with Gasteiger partial charge in [-0.2, -0.15) is 0 Å². The number of benzene rings is 3. The Labute approximate surface area is 170 Å². The van der Waals surface area contributed by atoms with E-state index in [0.717, 1.165) is 6.42 Å². The van der Waals surface area contributed by atoms with Gasteiger partial charge in [0.15, 0.2) is 0 Å². The van der Waals surface area contributed by atoms with Crippen LogP contribution in [0.15, 0.2) is 72.8 Å². The van der Waals surface area contributed by atoms with E-state index in [1.165, 1.54) is 58.0 Å². The van der Waals surface area contributed by atoms with E-state index in [1.54, 1.807) is 0 Å². The van der Waals surface area contributed by atoms with E-state index in [1.807, 2.05) is 0 Å². The first-order chi connectivity index (χ1) is 13.5. The van der Waals surface area contributed by atoms with E-state index in [9.17, 15) is 0 Å². The van der Waals surface area contributed by atoms with Crippen molar-refractivity contribution in [2.45, 2.75) is 39.8 Å². The second-order valence-electron chi connectivity index (χ2n) is 7.95. The molecule has 1 heterocycles. The maximum Gasteiger partial charge on any atom is 0.0308 e. The van der Waals surface area contributed by atoms with Gasteiger partial charge in [0.2, 0.25) is 0 Å². The van der Waals surface area contributed by atoms with E-state index in [2.05, 4.69) is 101 Å². The first kappa shape index (κ1) is 18.9. The van der Waals surface area contributed by atoms with Crippen molar-refractivity contribution in [3.05, 3.63) is 112 Å². The van der Waals surface area contributed by atoms with Crippen molar-refractivity contribution in [1.82, 2.24) is 0 Å². The molecule has 1 aliphatic heterocycles. The van der Waals surface area contributed by atoms with Crippen molar-refractivity contribution in [3.8, 4) is 0 Å². The number of aryl methyl sites for hydroxylation is 4. The molecule has 0 spiro atoms. The van der Waals surface area contributed by atoms with Crippen molar-refractivity contribution in [3.63, 3.8) is 0 Å². The summed E-state index contributed by atoms with van der Waals surface area (Å²) < 4.78 is 0. The summed E-state index contributed by atoms with van der Waals surface area (Å²) in [6.45, 7) is 8.85. The van der Waals surface area contributed by atoms with Crippen LogP contribution in [0.25, 0.3) is 5.57 Å². The quantitative estimate of drug-likeness (QED) is 0.409. The summed E-state index contributed by atoms with van der Waals surface area (Å²) >= 11 is 0. The number of allylic oxidation sites excluding steroid dienone is 2. The lowest BCUT2D eigenvalue weighted by Crippen LogP contribution is -2.08. The lowest BCUT2D eigenvalue weighted by molar-refractivity contribution is 0.966. The summed E-state index contributed by atoms with van der Waals surface area (Å²) in [5.41, 5.74) is 11.6. The molecule has 3 aromatic rings. The summed E-state index contributed by atoms with van der Waals surface area (Å²) in [5.74, 6) is 0. The fraction of sp³-hybridized carbons (Fsp3) is 0.222. The number of hydrogen-bond donors (Lipinski definition) is 0. The molecule has 1 atom stereocenters. The zero-order valence-corrected chi connectivity index (χ0v) is 18.1. The molecule has 0 saturated heterocycles. The van der Waals surface area contributed by atoms with Crippen LogP contribution in [0.1, 0.15) is 51.0 Å². The van der Waals surface area contributed by atoms with Gasteiger partial charge in [-0.15, -0.1) is 0 Å². The molecule has 0 nitrogen and oxygen atoms in total. The Morgan fingerprint density at radius 3 is 2.11 bits per heavy atom. The zero-order valence-electron chi connectivity index (χ0n) is 17.2. The predicted octanol–water partition coefficient (Wildman–Crippen LogP) is 7.62. The molecule has 0 bridgehead atoms. The van der Waals surface area contributed by atoms with Gasteiger partial charge in [-0.25, -0.2) is 0 Å². The number of hydrogen-bond acceptors (Lipinski definition) is 0. The van der Waals surface area contributed by atoms with Gasteiger partial charge in [0, 0.05) is 11.0 Å². The van der Waals surface area contributed by atoms with Gasteiger partial charge < -0.3 is 0 Å². The van der Waals surface area contributed by atoms with Gasteiger partial charge in [0.05, 0.1) is 0 Å². The molecular formula is C27H27P. The third-order valence-electron chi connectivity index (χ3n) is 5.61. The molecule has 3 aromatic carbocycles. The Balaban J connectivity index is 1.84. The second kappa shape index (κ2) is 7.90. The molecular weight excluding hydrogens is 355 g/mol. The second-order valence-corrected chi connectivity index (χ2v) is 9.31. The Morgan fingerprint density at radius 2 is 1.43 bits per heavy atom. The Morgan fingerprint density at radius 1 is 0.750 bits per heavy atom. The van der Waals surface area contributed by atoms with Gasteiger partial charge in [-0.3, -0.25) is 0 Å². The van der Waals surface area contributed by atoms with E-state index >= 15 is 0 Å². The van der Waals surface area contributed by atoms with Crippen LogP contribution >= 0.6 is 8.20 Å². The molecule has 28 heavy (non-hydrogen) atoms. The van der Waals surface area contributed by atoms with Gasteiger partial charge in [0.25, 0.3) is 0 Å². The standard InChI is InChI=1S/C27H27P/c1-18-10-12-24(20(3)14-18)26-16-23(22-8-6-5-7-9-22)17-27(28-26)25-13-11-19(2)15-21(25)4/h5-16,27H,17H2,1-4H3. The third-order valence-corrected chi connectivity index (χ3v) is 7.03. The molecule has 1 aliphatic rings. The topological polar surface area (TPSA) is 0 Å². The molecule has 0 saturated carbocycles. The summed E-state index contributed by atoms with van der Waals surface area (Å²) in [7, 11) is 1.41. The first-order valence-corrected chi connectivity index (χ1v) is 11.0. The van der Waals surface area contributed by atoms with E-state index < -0.39 is 0 Å². The normalized spacial score (nSPS) is 17.1. The Kier molecular flexibility index (Phi) is 5.33. The van der Waals surface area contributed by atoms with Gasteiger partial charge in [-0.1, -0.05) is 86.1 Å². The van der Waals surface area contributed by atoms with Crippen LogP contribution in [-0.2, 0) is 0 Å². The molecule has 140 valence electrons. The monoisotopic (exact) mass is 382 g/mol. The summed E-state index contributed by atoms with van der Waals surface area (Å²) in [5, 5.41) is 1.44.